The quantitative estimate of drug-likeness (QED) is 0.446. The van der Waals surface area contributed by atoms with E-state index in [1.54, 1.807) is 6.20 Å². The lowest BCUT2D eigenvalue weighted by atomic mass is 10.2. The van der Waals surface area contributed by atoms with Crippen molar-refractivity contribution in [1.29, 1.82) is 0 Å². The van der Waals surface area contributed by atoms with Crippen LogP contribution in [-0.4, -0.2) is 17.5 Å². The summed E-state index contributed by atoms with van der Waals surface area (Å²) in [4.78, 5) is 8.64. The smallest absolute Gasteiger partial charge is 0.218 e. The van der Waals surface area contributed by atoms with Crippen LogP contribution in [0.2, 0.25) is 0 Å². The van der Waals surface area contributed by atoms with Gasteiger partial charge in [-0.3, -0.25) is 0 Å². The van der Waals surface area contributed by atoms with E-state index in [0.29, 0.717) is 25.0 Å². The van der Waals surface area contributed by atoms with Crippen LogP contribution < -0.4 is 15.8 Å². The molecule has 1 aromatic heterocycles. The van der Waals surface area contributed by atoms with Gasteiger partial charge in [0.1, 0.15) is 6.61 Å². The van der Waals surface area contributed by atoms with Crippen LogP contribution in [0.5, 0.6) is 5.88 Å². The Morgan fingerprint density at radius 1 is 1.22 bits per heavy atom. The van der Waals surface area contributed by atoms with E-state index in [-0.39, 0.29) is 0 Å². The highest BCUT2D eigenvalue weighted by Gasteiger charge is 2.05. The number of nitrogens with one attached hydrogen (secondary N) is 1. The molecule has 1 aromatic carbocycles. The van der Waals surface area contributed by atoms with E-state index in [9.17, 15) is 0 Å². The van der Waals surface area contributed by atoms with Gasteiger partial charge in [-0.15, -0.1) is 0 Å². The molecule has 0 unspecified atom stereocenters. The van der Waals surface area contributed by atoms with Crippen LogP contribution in [0.25, 0.3) is 0 Å². The number of pyridine rings is 1. The number of hydrogen-bond donors (Lipinski definition) is 2. The number of nitrogens with two attached hydrogens (primary N) is 1. The molecule has 23 heavy (non-hydrogen) atoms. The Kier molecular flexibility index (Phi) is 6.91. The summed E-state index contributed by atoms with van der Waals surface area (Å²) in [6, 6.07) is 13.8. The van der Waals surface area contributed by atoms with Gasteiger partial charge in [-0.05, 0) is 18.1 Å². The van der Waals surface area contributed by atoms with Gasteiger partial charge in [0, 0.05) is 18.3 Å². The third-order valence-corrected chi connectivity index (χ3v) is 3.32. The third-order valence-electron chi connectivity index (χ3n) is 3.32. The molecule has 3 N–H and O–H groups in total. The Morgan fingerprint density at radius 3 is 2.83 bits per heavy atom. The van der Waals surface area contributed by atoms with Crippen molar-refractivity contribution in [3.63, 3.8) is 0 Å². The van der Waals surface area contributed by atoms with Crippen LogP contribution >= 0.6 is 0 Å². The van der Waals surface area contributed by atoms with Crippen molar-refractivity contribution in [2.75, 3.05) is 6.54 Å². The first-order valence-electron chi connectivity index (χ1n) is 7.94. The van der Waals surface area contributed by atoms with Gasteiger partial charge in [0.15, 0.2) is 5.96 Å². The summed E-state index contributed by atoms with van der Waals surface area (Å²) in [5.74, 6) is 1.05. The minimum absolute atomic E-state index is 0.447. The van der Waals surface area contributed by atoms with E-state index in [1.807, 2.05) is 42.5 Å². The van der Waals surface area contributed by atoms with Crippen LogP contribution in [-0.2, 0) is 13.2 Å². The van der Waals surface area contributed by atoms with Gasteiger partial charge >= 0.3 is 0 Å². The Balaban J connectivity index is 1.93. The highest BCUT2D eigenvalue weighted by molar-refractivity contribution is 5.77. The number of rotatable bonds is 8. The van der Waals surface area contributed by atoms with Gasteiger partial charge in [0.25, 0.3) is 0 Å². The predicted molar refractivity (Wildman–Crippen MR) is 93.2 cm³/mol. The largest absolute Gasteiger partial charge is 0.473 e. The van der Waals surface area contributed by atoms with E-state index >= 15 is 0 Å². The lowest BCUT2D eigenvalue weighted by molar-refractivity contribution is 0.290. The lowest BCUT2D eigenvalue weighted by Crippen LogP contribution is -2.32. The Morgan fingerprint density at radius 2 is 2.04 bits per heavy atom. The van der Waals surface area contributed by atoms with Crippen molar-refractivity contribution in [3.8, 4) is 5.88 Å². The molecular weight excluding hydrogens is 288 g/mol. The number of aliphatic imine (C=N–C) groups is 1. The van der Waals surface area contributed by atoms with E-state index in [1.165, 1.54) is 0 Å². The van der Waals surface area contributed by atoms with Crippen molar-refractivity contribution in [1.82, 2.24) is 10.3 Å². The molecule has 0 saturated heterocycles. The SMILES string of the molecule is CCCCNC(N)=NCc1cccnc1OCc1ccccc1. The highest BCUT2D eigenvalue weighted by Crippen LogP contribution is 2.17. The normalized spacial score (nSPS) is 11.3. The minimum Gasteiger partial charge on any atom is -0.473 e. The summed E-state index contributed by atoms with van der Waals surface area (Å²) >= 11 is 0. The summed E-state index contributed by atoms with van der Waals surface area (Å²) in [6.45, 7) is 3.92. The highest BCUT2D eigenvalue weighted by atomic mass is 16.5. The van der Waals surface area contributed by atoms with Crippen LogP contribution in [0.15, 0.2) is 53.7 Å². The first kappa shape index (κ1) is 16.8. The van der Waals surface area contributed by atoms with Crippen molar-refractivity contribution >= 4 is 5.96 Å². The minimum atomic E-state index is 0.447. The zero-order valence-electron chi connectivity index (χ0n) is 13.5. The second-order valence-electron chi connectivity index (χ2n) is 5.22. The van der Waals surface area contributed by atoms with Gasteiger partial charge < -0.3 is 15.8 Å². The molecule has 5 nitrogen and oxygen atoms in total. The van der Waals surface area contributed by atoms with E-state index in [2.05, 4.69) is 22.2 Å². The summed E-state index contributed by atoms with van der Waals surface area (Å²) in [5.41, 5.74) is 7.88. The summed E-state index contributed by atoms with van der Waals surface area (Å²) < 4.78 is 5.81. The molecule has 0 spiro atoms. The summed E-state index contributed by atoms with van der Waals surface area (Å²) in [6.07, 6.45) is 3.92. The number of hydrogen-bond acceptors (Lipinski definition) is 3. The topological polar surface area (TPSA) is 72.5 Å². The molecule has 0 radical (unpaired) electrons. The molecule has 122 valence electrons. The average Bonchev–Trinajstić information content (AvgIpc) is 2.60. The Labute approximate surface area is 137 Å². The molecule has 0 saturated carbocycles. The number of unbranched alkanes of at least 4 members (excludes halogenated alkanes) is 1. The average molecular weight is 312 g/mol. The maximum atomic E-state index is 5.86. The summed E-state index contributed by atoms with van der Waals surface area (Å²) in [5, 5.41) is 3.10. The molecule has 0 aliphatic rings. The summed E-state index contributed by atoms with van der Waals surface area (Å²) in [7, 11) is 0. The molecule has 1 heterocycles. The van der Waals surface area contributed by atoms with Crippen molar-refractivity contribution in [2.45, 2.75) is 32.9 Å². The fourth-order valence-corrected chi connectivity index (χ4v) is 2.02. The molecule has 5 heteroatoms. The third kappa shape index (κ3) is 5.98. The van der Waals surface area contributed by atoms with E-state index < -0.39 is 0 Å². The molecule has 2 aromatic rings. The van der Waals surface area contributed by atoms with Gasteiger partial charge in [0.2, 0.25) is 5.88 Å². The number of ether oxygens (including phenoxy) is 1. The van der Waals surface area contributed by atoms with Crippen molar-refractivity contribution in [3.05, 3.63) is 59.8 Å². The van der Waals surface area contributed by atoms with Crippen LogP contribution in [0, 0.1) is 0 Å². The fraction of sp³-hybridized carbons (Fsp3) is 0.333. The van der Waals surface area contributed by atoms with Gasteiger partial charge in [0.05, 0.1) is 6.54 Å². The molecule has 2 rings (SSSR count). The second-order valence-corrected chi connectivity index (χ2v) is 5.22. The van der Waals surface area contributed by atoms with Crippen LogP contribution in [0.3, 0.4) is 0 Å². The number of aromatic nitrogens is 1. The molecule has 0 atom stereocenters. The molecule has 0 aliphatic carbocycles. The van der Waals surface area contributed by atoms with Crippen molar-refractivity contribution in [2.24, 2.45) is 10.7 Å². The first-order valence-corrected chi connectivity index (χ1v) is 7.94. The van der Waals surface area contributed by atoms with Crippen molar-refractivity contribution < 1.29 is 4.74 Å². The fourth-order valence-electron chi connectivity index (χ4n) is 2.02. The molecular formula is C18H24N4O. The lowest BCUT2D eigenvalue weighted by Gasteiger charge is -2.09. The zero-order valence-corrected chi connectivity index (χ0v) is 13.5. The number of guanidine groups is 1. The van der Waals surface area contributed by atoms with Gasteiger partial charge in [-0.25, -0.2) is 9.98 Å². The zero-order chi connectivity index (χ0) is 16.3. The predicted octanol–water partition coefficient (Wildman–Crippen LogP) is 2.87. The maximum Gasteiger partial charge on any atom is 0.218 e. The van der Waals surface area contributed by atoms with Crippen LogP contribution in [0.4, 0.5) is 0 Å². The Bertz CT molecular complexity index is 613. The number of nitrogens with zero attached hydrogens (tertiary/aromatic N) is 2. The molecule has 0 fully saturated rings. The Hall–Kier alpha value is -2.56. The van der Waals surface area contributed by atoms with Gasteiger partial charge in [-0.2, -0.15) is 0 Å². The molecule has 0 bridgehead atoms. The first-order chi connectivity index (χ1) is 11.3. The maximum absolute atomic E-state index is 5.86. The monoisotopic (exact) mass is 312 g/mol. The van der Waals surface area contributed by atoms with E-state index in [4.69, 9.17) is 10.5 Å². The standard InChI is InChI=1S/C18H24N4O/c1-2-3-11-21-18(19)22-13-16-10-7-12-20-17(16)23-14-15-8-5-4-6-9-15/h4-10,12H,2-3,11,13-14H2,1H3,(H3,19,21,22). The molecule has 0 amide bonds. The number of benzene rings is 1. The second kappa shape index (κ2) is 9.46. The van der Waals surface area contributed by atoms with E-state index in [0.717, 1.165) is 30.5 Å². The van der Waals surface area contributed by atoms with Gasteiger partial charge in [-0.1, -0.05) is 49.7 Å². The molecule has 0 aliphatic heterocycles. The van der Waals surface area contributed by atoms with Crippen LogP contribution in [0.1, 0.15) is 30.9 Å².